The fourth-order valence-electron chi connectivity index (χ4n) is 4.55. The monoisotopic (exact) mass is 571 g/mol. The van der Waals surface area contributed by atoms with Crippen LogP contribution in [0.5, 0.6) is 5.75 Å². The van der Waals surface area contributed by atoms with Gasteiger partial charge >= 0.3 is 0 Å². The van der Waals surface area contributed by atoms with Gasteiger partial charge < -0.3 is 10.5 Å². The lowest BCUT2D eigenvalue weighted by atomic mass is 9.97. The summed E-state index contributed by atoms with van der Waals surface area (Å²) >= 11 is 3.47. The second kappa shape index (κ2) is 19.9. The highest BCUT2D eigenvalue weighted by Gasteiger charge is 2.16. The van der Waals surface area contributed by atoms with E-state index >= 15 is 0 Å². The third-order valence-corrected chi connectivity index (χ3v) is 7.07. The summed E-state index contributed by atoms with van der Waals surface area (Å²) in [6, 6.07) is 5.73. The van der Waals surface area contributed by atoms with Crippen molar-refractivity contribution >= 4 is 40.2 Å². The number of unbranched alkanes of at least 4 members (excludes halogenated alkanes) is 9. The number of amides is 1. The van der Waals surface area contributed by atoms with Crippen molar-refractivity contribution < 1.29 is 9.53 Å². The number of hydrogen-bond donors (Lipinski definition) is 2. The number of ether oxygens (including phenoxy) is 1. The third-order valence-electron chi connectivity index (χ3n) is 6.58. The van der Waals surface area contributed by atoms with E-state index in [4.69, 9.17) is 10.5 Å². The van der Waals surface area contributed by atoms with Gasteiger partial charge in [0, 0.05) is 4.47 Å². The van der Waals surface area contributed by atoms with Crippen LogP contribution in [0, 0.1) is 0 Å². The van der Waals surface area contributed by atoms with E-state index in [-0.39, 0.29) is 30.3 Å². The summed E-state index contributed by atoms with van der Waals surface area (Å²) in [6.45, 7) is 2.87. The fourth-order valence-corrected chi connectivity index (χ4v) is 4.91. The maximum atomic E-state index is 12.9. The molecule has 1 aromatic rings. The molecule has 35 heavy (non-hydrogen) atoms. The Balaban J connectivity index is 0.00000612. The third kappa shape index (κ3) is 14.2. The first-order valence-electron chi connectivity index (χ1n) is 13.7. The lowest BCUT2D eigenvalue weighted by Crippen LogP contribution is -2.38. The van der Waals surface area contributed by atoms with Gasteiger partial charge in [0.05, 0.1) is 18.2 Å². The van der Waals surface area contributed by atoms with E-state index in [0.29, 0.717) is 17.9 Å². The number of benzene rings is 1. The molecular weight excluding hydrogens is 526 g/mol. The standard InChI is InChI=1S/C28H46BrN3O2.ClH/c1-2-3-4-5-6-7-8-9-13-16-21-34-26-20-19-23(29)22-25(26)27(33)32-28(30)31-24-17-14-11-10-12-15-18-24;/h19-20,22,24H,2-18,21H2,1H3,(H3,30,31,32,33);1H. The molecular formula is C28H47BrClN3O2. The molecule has 7 heteroatoms. The van der Waals surface area contributed by atoms with E-state index in [1.54, 1.807) is 6.07 Å². The summed E-state index contributed by atoms with van der Waals surface area (Å²) in [7, 11) is 0. The number of carbonyl (C=O) groups excluding carboxylic acids is 1. The highest BCUT2D eigenvalue weighted by atomic mass is 79.9. The second-order valence-corrected chi connectivity index (χ2v) is 10.6. The summed E-state index contributed by atoms with van der Waals surface area (Å²) in [6.07, 6.45) is 21.1. The van der Waals surface area contributed by atoms with Crippen LogP contribution in [-0.2, 0) is 0 Å². The van der Waals surface area contributed by atoms with Crippen molar-refractivity contribution in [2.45, 2.75) is 122 Å². The number of aliphatic imine (C=N–C) groups is 1. The number of guanidine groups is 1. The molecule has 200 valence electrons. The van der Waals surface area contributed by atoms with Gasteiger partial charge in [0.1, 0.15) is 5.75 Å². The maximum Gasteiger partial charge on any atom is 0.261 e. The lowest BCUT2D eigenvalue weighted by Gasteiger charge is -2.17. The molecule has 0 aliphatic heterocycles. The zero-order chi connectivity index (χ0) is 24.4. The summed E-state index contributed by atoms with van der Waals surface area (Å²) in [5.74, 6) is 0.526. The normalized spacial score (nSPS) is 15.1. The van der Waals surface area contributed by atoms with Gasteiger partial charge in [-0.1, -0.05) is 113 Å². The Bertz CT molecular complexity index is 737. The van der Waals surface area contributed by atoms with Crippen LogP contribution < -0.4 is 15.8 Å². The van der Waals surface area contributed by atoms with Crippen molar-refractivity contribution in [2.24, 2.45) is 10.7 Å². The molecule has 0 saturated heterocycles. The van der Waals surface area contributed by atoms with Crippen molar-refractivity contribution in [1.29, 1.82) is 0 Å². The number of nitrogens with one attached hydrogen (secondary N) is 1. The van der Waals surface area contributed by atoms with Crippen molar-refractivity contribution in [1.82, 2.24) is 5.32 Å². The zero-order valence-corrected chi connectivity index (χ0v) is 24.1. The Morgan fingerprint density at radius 3 is 2.17 bits per heavy atom. The molecule has 3 N–H and O–H groups in total. The molecule has 0 bridgehead atoms. The van der Waals surface area contributed by atoms with E-state index in [0.717, 1.165) is 30.2 Å². The summed E-state index contributed by atoms with van der Waals surface area (Å²) in [5, 5.41) is 2.78. The molecule has 0 aromatic heterocycles. The largest absolute Gasteiger partial charge is 0.493 e. The lowest BCUT2D eigenvalue weighted by molar-refractivity contribution is 0.0972. The van der Waals surface area contributed by atoms with Crippen molar-refractivity contribution in [3.8, 4) is 5.75 Å². The number of nitrogens with zero attached hydrogens (tertiary/aromatic N) is 1. The van der Waals surface area contributed by atoms with Gasteiger partial charge in [-0.25, -0.2) is 4.99 Å². The molecule has 0 unspecified atom stereocenters. The molecule has 0 heterocycles. The first-order chi connectivity index (χ1) is 16.6. The average Bonchev–Trinajstić information content (AvgIpc) is 2.80. The molecule has 0 atom stereocenters. The van der Waals surface area contributed by atoms with Crippen molar-refractivity contribution in [3.63, 3.8) is 0 Å². The van der Waals surface area contributed by atoms with Gasteiger partial charge in [-0.3, -0.25) is 10.1 Å². The summed E-state index contributed by atoms with van der Waals surface area (Å²) in [4.78, 5) is 17.5. The van der Waals surface area contributed by atoms with Gasteiger partial charge in [-0.15, -0.1) is 12.4 Å². The Morgan fingerprint density at radius 1 is 0.971 bits per heavy atom. The SMILES string of the molecule is CCCCCCCCCCCCOc1ccc(Br)cc1C(=O)NC(N)=NC1CCCCCCC1.Cl. The predicted octanol–water partition coefficient (Wildman–Crippen LogP) is 8.33. The number of nitrogens with two attached hydrogens (primary N) is 1. The van der Waals surface area contributed by atoms with E-state index < -0.39 is 0 Å². The molecule has 0 spiro atoms. The molecule has 5 nitrogen and oxygen atoms in total. The molecule has 2 rings (SSSR count). The molecule has 1 fully saturated rings. The van der Waals surface area contributed by atoms with Gasteiger partial charge in [0.25, 0.3) is 5.91 Å². The Kier molecular flexibility index (Phi) is 18.0. The van der Waals surface area contributed by atoms with E-state index in [1.807, 2.05) is 12.1 Å². The van der Waals surface area contributed by atoms with Crippen LogP contribution >= 0.6 is 28.3 Å². The quantitative estimate of drug-likeness (QED) is 0.134. The van der Waals surface area contributed by atoms with Crippen LogP contribution in [0.1, 0.15) is 126 Å². The molecule has 1 amide bonds. The first kappa shape index (κ1) is 31.8. The number of hydrogen-bond acceptors (Lipinski definition) is 3. The summed E-state index contributed by atoms with van der Waals surface area (Å²) in [5.41, 5.74) is 6.58. The summed E-state index contributed by atoms with van der Waals surface area (Å²) < 4.78 is 6.82. The van der Waals surface area contributed by atoms with Crippen LogP contribution in [0.15, 0.2) is 27.7 Å². The van der Waals surface area contributed by atoms with Gasteiger partial charge in [-0.2, -0.15) is 0 Å². The minimum absolute atomic E-state index is 0. The van der Waals surface area contributed by atoms with Gasteiger partial charge in [0.15, 0.2) is 5.96 Å². The highest BCUT2D eigenvalue weighted by molar-refractivity contribution is 9.10. The fraction of sp³-hybridized carbons (Fsp3) is 0.714. The Morgan fingerprint density at radius 2 is 1.54 bits per heavy atom. The number of rotatable bonds is 14. The predicted molar refractivity (Wildman–Crippen MR) is 154 cm³/mol. The highest BCUT2D eigenvalue weighted by Crippen LogP contribution is 2.24. The van der Waals surface area contributed by atoms with Crippen LogP contribution in [0.3, 0.4) is 0 Å². The number of carbonyl (C=O) groups is 1. The minimum Gasteiger partial charge on any atom is -0.493 e. The topological polar surface area (TPSA) is 76.7 Å². The van der Waals surface area contributed by atoms with Crippen LogP contribution in [0.4, 0.5) is 0 Å². The van der Waals surface area contributed by atoms with Crippen LogP contribution in [0.2, 0.25) is 0 Å². The molecule has 1 saturated carbocycles. The molecule has 1 aliphatic rings. The second-order valence-electron chi connectivity index (χ2n) is 9.64. The smallest absolute Gasteiger partial charge is 0.261 e. The van der Waals surface area contributed by atoms with E-state index in [9.17, 15) is 4.79 Å². The Hall–Kier alpha value is -1.27. The maximum absolute atomic E-state index is 12.9. The Labute approximate surface area is 228 Å². The zero-order valence-electron chi connectivity index (χ0n) is 21.7. The molecule has 1 aromatic carbocycles. The molecule has 1 aliphatic carbocycles. The van der Waals surface area contributed by atoms with E-state index in [1.165, 1.54) is 83.5 Å². The van der Waals surface area contributed by atoms with Crippen LogP contribution in [-0.4, -0.2) is 24.5 Å². The van der Waals surface area contributed by atoms with Gasteiger partial charge in [0.2, 0.25) is 0 Å². The van der Waals surface area contributed by atoms with E-state index in [2.05, 4.69) is 33.2 Å². The number of halogens is 2. The first-order valence-corrected chi connectivity index (χ1v) is 14.5. The van der Waals surface area contributed by atoms with Crippen molar-refractivity contribution in [2.75, 3.05) is 6.61 Å². The molecule has 0 radical (unpaired) electrons. The average molecular weight is 573 g/mol. The van der Waals surface area contributed by atoms with Crippen LogP contribution in [0.25, 0.3) is 0 Å². The van der Waals surface area contributed by atoms with Crippen molar-refractivity contribution in [3.05, 3.63) is 28.2 Å². The minimum atomic E-state index is -0.272. The van der Waals surface area contributed by atoms with Gasteiger partial charge in [-0.05, 0) is 37.5 Å².